The molecule has 0 aliphatic heterocycles. The second-order valence-electron chi connectivity index (χ2n) is 5.79. The highest BCUT2D eigenvalue weighted by Gasteiger charge is 2.31. The number of hydrogen-bond acceptors (Lipinski definition) is 4. The highest BCUT2D eigenvalue weighted by molar-refractivity contribution is 7.71. The normalized spacial score (nSPS) is 15.2. The first kappa shape index (κ1) is 13.9. The predicted molar refractivity (Wildman–Crippen MR) is 84.7 cm³/mol. The third kappa shape index (κ3) is 2.59. The fraction of sp³-hybridized carbons (Fsp3) is 0.643. The summed E-state index contributed by atoms with van der Waals surface area (Å²) in [5.74, 6) is 2.23. The monoisotopic (exact) mass is 308 g/mol. The van der Waals surface area contributed by atoms with Gasteiger partial charge >= 0.3 is 0 Å². The summed E-state index contributed by atoms with van der Waals surface area (Å²) in [6.07, 6.45) is 3.56. The Morgan fingerprint density at radius 3 is 2.80 bits per heavy atom. The zero-order valence-corrected chi connectivity index (χ0v) is 13.8. The Morgan fingerprint density at radius 2 is 2.20 bits per heavy atom. The summed E-state index contributed by atoms with van der Waals surface area (Å²) in [7, 11) is 0. The average molecular weight is 308 g/mol. The Balaban J connectivity index is 2.06. The average Bonchev–Trinajstić information content (AvgIpc) is 3.05. The first-order chi connectivity index (χ1) is 9.60. The molecule has 0 bridgehead atoms. The summed E-state index contributed by atoms with van der Waals surface area (Å²) in [4.78, 5) is 6.11. The van der Waals surface area contributed by atoms with E-state index in [9.17, 15) is 0 Å². The second-order valence-corrected chi connectivity index (χ2v) is 7.26. The number of rotatable bonds is 5. The largest absolute Gasteiger partial charge is 0.300 e. The lowest BCUT2D eigenvalue weighted by Gasteiger charge is -2.02. The zero-order valence-electron chi connectivity index (χ0n) is 12.1. The maximum Gasteiger partial charge on any atom is 0.195 e. The maximum absolute atomic E-state index is 5.30. The molecule has 1 fully saturated rings. The van der Waals surface area contributed by atoms with Gasteiger partial charge in [0, 0.05) is 18.9 Å². The highest BCUT2D eigenvalue weighted by Crippen LogP contribution is 2.46. The van der Waals surface area contributed by atoms with Gasteiger partial charge in [-0.15, -0.1) is 11.3 Å². The van der Waals surface area contributed by atoms with E-state index in [1.165, 1.54) is 28.4 Å². The summed E-state index contributed by atoms with van der Waals surface area (Å²) in [5, 5.41) is 8.58. The van der Waals surface area contributed by atoms with Gasteiger partial charge in [-0.1, -0.05) is 13.8 Å². The van der Waals surface area contributed by atoms with Gasteiger partial charge in [-0.3, -0.25) is 9.67 Å². The van der Waals surface area contributed by atoms with Crippen molar-refractivity contribution in [3.8, 4) is 10.7 Å². The van der Waals surface area contributed by atoms with Gasteiger partial charge in [0.05, 0.1) is 15.6 Å². The van der Waals surface area contributed by atoms with Crippen LogP contribution in [0.5, 0.6) is 0 Å². The van der Waals surface area contributed by atoms with Crippen LogP contribution < -0.4 is 0 Å². The zero-order chi connectivity index (χ0) is 14.3. The van der Waals surface area contributed by atoms with E-state index in [0.717, 1.165) is 18.8 Å². The molecular weight excluding hydrogens is 288 g/mol. The van der Waals surface area contributed by atoms with Crippen LogP contribution in [0.1, 0.15) is 50.2 Å². The molecular formula is C14H20N4S2. The van der Waals surface area contributed by atoms with E-state index in [1.54, 1.807) is 11.3 Å². The van der Waals surface area contributed by atoms with Gasteiger partial charge in [0.25, 0.3) is 0 Å². The van der Waals surface area contributed by atoms with Crippen molar-refractivity contribution in [2.45, 2.75) is 52.5 Å². The van der Waals surface area contributed by atoms with Crippen molar-refractivity contribution >= 4 is 23.6 Å². The van der Waals surface area contributed by atoms with Crippen molar-refractivity contribution in [2.75, 3.05) is 0 Å². The van der Waals surface area contributed by atoms with Crippen LogP contribution in [0.2, 0.25) is 0 Å². The van der Waals surface area contributed by atoms with E-state index in [0.29, 0.717) is 16.6 Å². The van der Waals surface area contributed by atoms with Crippen LogP contribution in [0.4, 0.5) is 0 Å². The maximum atomic E-state index is 5.30. The van der Waals surface area contributed by atoms with Crippen LogP contribution in [-0.4, -0.2) is 19.7 Å². The number of aromatic amines is 1. The lowest BCUT2D eigenvalue weighted by molar-refractivity contribution is 0.643. The molecule has 6 heteroatoms. The molecule has 0 aromatic carbocycles. The number of nitrogens with one attached hydrogen (secondary N) is 1. The molecule has 2 heterocycles. The van der Waals surface area contributed by atoms with Crippen molar-refractivity contribution in [3.63, 3.8) is 0 Å². The van der Waals surface area contributed by atoms with Gasteiger partial charge in [0.2, 0.25) is 0 Å². The van der Waals surface area contributed by atoms with Gasteiger partial charge in [0.1, 0.15) is 0 Å². The molecule has 1 saturated carbocycles. The molecule has 0 spiro atoms. The lowest BCUT2D eigenvalue weighted by Crippen LogP contribution is -1.98. The van der Waals surface area contributed by atoms with E-state index >= 15 is 0 Å². The molecule has 2 aromatic rings. The van der Waals surface area contributed by atoms with Crippen molar-refractivity contribution in [2.24, 2.45) is 5.92 Å². The molecule has 1 N–H and O–H groups in total. The molecule has 0 unspecified atom stereocenters. The second kappa shape index (κ2) is 5.41. The Morgan fingerprint density at radius 1 is 1.45 bits per heavy atom. The number of H-pyrrole nitrogens is 1. The van der Waals surface area contributed by atoms with Gasteiger partial charge < -0.3 is 0 Å². The number of thiazole rings is 1. The van der Waals surface area contributed by atoms with Gasteiger partial charge in [-0.25, -0.2) is 4.98 Å². The van der Waals surface area contributed by atoms with Crippen LogP contribution in [0.15, 0.2) is 0 Å². The number of hydrogen-bond donors (Lipinski definition) is 1. The van der Waals surface area contributed by atoms with Crippen molar-refractivity contribution in [1.29, 1.82) is 0 Å². The van der Waals surface area contributed by atoms with Crippen molar-refractivity contribution < 1.29 is 0 Å². The Bertz CT molecular complexity index is 661. The summed E-state index contributed by atoms with van der Waals surface area (Å²) in [6, 6.07) is 0. The summed E-state index contributed by atoms with van der Waals surface area (Å²) in [5.41, 5.74) is 1.24. The Hall–Kier alpha value is -1.01. The smallest absolute Gasteiger partial charge is 0.195 e. The molecule has 2 aromatic heterocycles. The highest BCUT2D eigenvalue weighted by atomic mass is 32.1. The predicted octanol–water partition coefficient (Wildman–Crippen LogP) is 4.16. The quantitative estimate of drug-likeness (QED) is 0.844. The molecule has 0 radical (unpaired) electrons. The van der Waals surface area contributed by atoms with Crippen LogP contribution in [0.25, 0.3) is 10.7 Å². The molecule has 4 nitrogen and oxygen atoms in total. The third-order valence-corrected chi connectivity index (χ3v) is 4.92. The minimum atomic E-state index is 0.632. The minimum absolute atomic E-state index is 0.632. The fourth-order valence-corrected chi connectivity index (χ4v) is 4.01. The first-order valence-electron chi connectivity index (χ1n) is 7.25. The summed E-state index contributed by atoms with van der Waals surface area (Å²) in [6.45, 7) is 7.41. The number of aromatic nitrogens is 4. The van der Waals surface area contributed by atoms with Gasteiger partial charge in [-0.05, 0) is 37.9 Å². The van der Waals surface area contributed by atoms with Crippen molar-refractivity contribution in [3.05, 3.63) is 15.5 Å². The van der Waals surface area contributed by atoms with Gasteiger partial charge in [-0.2, -0.15) is 5.10 Å². The SMILES string of the molecule is CCn1c(-c2sc(CC(C)C)nc2C2CC2)n[nH]c1=S. The Labute approximate surface area is 128 Å². The molecule has 108 valence electrons. The summed E-state index contributed by atoms with van der Waals surface area (Å²) >= 11 is 7.09. The molecule has 1 aliphatic rings. The van der Waals surface area contributed by atoms with E-state index in [1.807, 2.05) is 0 Å². The van der Waals surface area contributed by atoms with Crippen LogP contribution in [0.3, 0.4) is 0 Å². The molecule has 0 atom stereocenters. The molecule has 0 saturated heterocycles. The molecule has 20 heavy (non-hydrogen) atoms. The minimum Gasteiger partial charge on any atom is -0.300 e. The molecule has 0 amide bonds. The Kier molecular flexibility index (Phi) is 3.77. The van der Waals surface area contributed by atoms with Crippen LogP contribution in [0, 0.1) is 10.7 Å². The van der Waals surface area contributed by atoms with E-state index < -0.39 is 0 Å². The van der Waals surface area contributed by atoms with E-state index in [4.69, 9.17) is 17.2 Å². The topological polar surface area (TPSA) is 46.5 Å². The van der Waals surface area contributed by atoms with Crippen molar-refractivity contribution in [1.82, 2.24) is 19.7 Å². The van der Waals surface area contributed by atoms with E-state index in [-0.39, 0.29) is 0 Å². The fourth-order valence-electron chi connectivity index (χ4n) is 2.39. The van der Waals surface area contributed by atoms with Crippen LogP contribution in [-0.2, 0) is 13.0 Å². The van der Waals surface area contributed by atoms with Gasteiger partial charge in [0.15, 0.2) is 10.6 Å². The van der Waals surface area contributed by atoms with E-state index in [2.05, 4.69) is 35.5 Å². The third-order valence-electron chi connectivity index (χ3n) is 3.52. The first-order valence-corrected chi connectivity index (χ1v) is 8.47. The number of nitrogens with zero attached hydrogens (tertiary/aromatic N) is 3. The molecule has 1 aliphatic carbocycles. The van der Waals surface area contributed by atoms with Crippen LogP contribution >= 0.6 is 23.6 Å². The summed E-state index contributed by atoms with van der Waals surface area (Å²) < 4.78 is 2.76. The lowest BCUT2D eigenvalue weighted by atomic mass is 10.1. The molecule has 3 rings (SSSR count). The standard InChI is InChI=1S/C14H20N4S2/c1-4-18-13(16-17-14(18)19)12-11(9-5-6-9)15-10(20-12)7-8(2)3/h8-9H,4-7H2,1-3H3,(H,17,19).